The summed E-state index contributed by atoms with van der Waals surface area (Å²) in [5.74, 6) is 1.26. The number of phosphoric acid groups is 1. The van der Waals surface area contributed by atoms with E-state index in [0.717, 1.165) is 55.9 Å². The standard InChI is InChI=1S/C32H44IN2O12P/c1-31-11-9-18(36)13-17(31)3-4-19-20-5-6-25(32(20,2)12-10-21(19)31)47-28(38)8-7-27(37)46-23-14-26(45-24(23)16-44-48(41,42)43)35-15-22(33)29(39)34-30(35)40/h15,17,19-21,23-26H,3-14,16H2,1-2H3,(H,34,39,40)(H2,41,42,43)/t17-,19?,20-,21?,23?,24?,25-,26?,31-,32-/m0/s1/i33-2. The van der Waals surface area contributed by atoms with Crippen molar-refractivity contribution in [2.75, 3.05) is 6.61 Å². The van der Waals surface area contributed by atoms with E-state index >= 15 is 0 Å². The number of nitrogens with zero attached hydrogens (tertiary/aromatic N) is 1. The average Bonchev–Trinajstić information content (AvgIpc) is 3.56. The largest absolute Gasteiger partial charge is 0.469 e. The fourth-order valence-electron chi connectivity index (χ4n) is 9.83. The third kappa shape index (κ3) is 7.14. The van der Waals surface area contributed by atoms with Crippen LogP contribution >= 0.6 is 30.4 Å². The Labute approximate surface area is 291 Å². The quantitative estimate of drug-likeness (QED) is 0.186. The highest BCUT2D eigenvalue weighted by molar-refractivity contribution is 14.1. The summed E-state index contributed by atoms with van der Waals surface area (Å²) >= 11 is 1.75. The number of phosphoric ester groups is 1. The van der Waals surface area contributed by atoms with Gasteiger partial charge in [-0.05, 0) is 96.6 Å². The van der Waals surface area contributed by atoms with E-state index in [9.17, 15) is 38.3 Å². The number of ether oxygens (including phenoxy) is 3. The van der Waals surface area contributed by atoms with Crippen LogP contribution in [-0.2, 0) is 37.7 Å². The summed E-state index contributed by atoms with van der Waals surface area (Å²) in [5.41, 5.74) is -1.28. The minimum atomic E-state index is -4.88. The summed E-state index contributed by atoms with van der Waals surface area (Å²) in [5, 5.41) is 0. The summed E-state index contributed by atoms with van der Waals surface area (Å²) in [6.07, 6.45) is 5.70. The molecule has 14 nitrogen and oxygen atoms in total. The van der Waals surface area contributed by atoms with Gasteiger partial charge in [0.1, 0.15) is 30.3 Å². The number of hydrogen-bond donors (Lipinski definition) is 3. The Morgan fingerprint density at radius 1 is 1.02 bits per heavy atom. The molecule has 1 aromatic heterocycles. The van der Waals surface area contributed by atoms with Crippen molar-refractivity contribution in [2.45, 2.75) is 115 Å². The molecule has 266 valence electrons. The van der Waals surface area contributed by atoms with E-state index < -0.39 is 56.1 Å². The Kier molecular flexibility index (Phi) is 10.2. The number of aromatic amines is 1. The Hall–Kier alpha value is -1.91. The van der Waals surface area contributed by atoms with E-state index in [1.807, 2.05) is 0 Å². The van der Waals surface area contributed by atoms with Gasteiger partial charge in [0.15, 0.2) is 0 Å². The second-order valence-electron chi connectivity index (χ2n) is 14.8. The zero-order chi connectivity index (χ0) is 34.6. The number of aromatic nitrogens is 2. The van der Waals surface area contributed by atoms with Crippen LogP contribution in [0.25, 0.3) is 0 Å². The topological polar surface area (TPSA) is 201 Å². The van der Waals surface area contributed by atoms with Crippen molar-refractivity contribution in [2.24, 2.45) is 34.5 Å². The molecule has 0 radical (unpaired) electrons. The third-order valence-electron chi connectivity index (χ3n) is 12.3. The lowest BCUT2D eigenvalue weighted by Gasteiger charge is -2.60. The highest BCUT2D eigenvalue weighted by atomic mass is 125. The smallest absolute Gasteiger partial charge is 0.462 e. The number of esters is 2. The highest BCUT2D eigenvalue weighted by Crippen LogP contribution is 2.66. The number of fused-ring (bicyclic) bond motifs is 5. The molecule has 5 aliphatic rings. The SMILES string of the molecule is C[C@]12CCC3C(CC[C@H]4CC(=O)CC[C@]34C)[C@@H]1CC[C@@H]2OC(=O)CCC(=O)OC1CC(n2cc([125I])c(=O)[nH]c2=O)OC1COP(=O)(O)O. The van der Waals surface area contributed by atoms with Crippen LogP contribution in [-0.4, -0.2) is 62.0 Å². The van der Waals surface area contributed by atoms with E-state index in [2.05, 4.69) is 23.4 Å². The lowest BCUT2D eigenvalue weighted by molar-refractivity contribution is -0.167. The first-order chi connectivity index (χ1) is 22.6. The van der Waals surface area contributed by atoms with Crippen LogP contribution in [0.15, 0.2) is 15.8 Å². The van der Waals surface area contributed by atoms with E-state index in [4.69, 9.17) is 14.2 Å². The third-order valence-corrected chi connectivity index (χ3v) is 13.6. The Balaban J connectivity index is 1.04. The zero-order valence-corrected chi connectivity index (χ0v) is 30.2. The van der Waals surface area contributed by atoms with Crippen molar-refractivity contribution in [3.05, 3.63) is 30.6 Å². The van der Waals surface area contributed by atoms with Crippen molar-refractivity contribution in [1.82, 2.24) is 9.55 Å². The molecule has 1 aromatic rings. The fourth-order valence-corrected chi connectivity index (χ4v) is 10.6. The van der Waals surface area contributed by atoms with Gasteiger partial charge in [-0.15, -0.1) is 0 Å². The fraction of sp³-hybridized carbons (Fsp3) is 0.781. The molecular formula is C32H44IN2O12P. The van der Waals surface area contributed by atoms with Crippen LogP contribution in [0.4, 0.5) is 0 Å². The summed E-state index contributed by atoms with van der Waals surface area (Å²) in [4.78, 5) is 82.9. The van der Waals surface area contributed by atoms with Gasteiger partial charge in [0.2, 0.25) is 0 Å². The molecule has 0 amide bonds. The van der Waals surface area contributed by atoms with Gasteiger partial charge in [0, 0.05) is 30.9 Å². The van der Waals surface area contributed by atoms with Crippen LogP contribution in [0.5, 0.6) is 0 Å². The van der Waals surface area contributed by atoms with Crippen LogP contribution in [0.1, 0.15) is 97.1 Å². The lowest BCUT2D eigenvalue weighted by atomic mass is 9.45. The highest BCUT2D eigenvalue weighted by Gasteiger charge is 2.61. The molecule has 0 bridgehead atoms. The van der Waals surface area contributed by atoms with Gasteiger partial charge in [-0.3, -0.25) is 33.3 Å². The first-order valence-electron chi connectivity index (χ1n) is 16.8. The number of hydrogen-bond acceptors (Lipinski definition) is 10. The van der Waals surface area contributed by atoms with E-state index in [1.165, 1.54) is 6.20 Å². The van der Waals surface area contributed by atoms with Gasteiger partial charge in [0.25, 0.3) is 5.56 Å². The predicted molar refractivity (Wildman–Crippen MR) is 176 cm³/mol. The molecule has 3 N–H and O–H groups in total. The normalized spacial score (nSPS) is 37.7. The van der Waals surface area contributed by atoms with Crippen LogP contribution in [0, 0.1) is 38.1 Å². The minimum absolute atomic E-state index is 0.0620. The molecular weight excluding hydrogens is 760 g/mol. The number of halogens is 1. The summed E-state index contributed by atoms with van der Waals surface area (Å²) < 4.78 is 34.6. The van der Waals surface area contributed by atoms with Crippen molar-refractivity contribution in [3.8, 4) is 0 Å². The number of nitrogens with one attached hydrogen (secondary N) is 1. The molecule has 4 saturated carbocycles. The number of carbonyl (C=O) groups excluding carboxylic acids is 3. The molecule has 5 unspecified atom stereocenters. The maximum absolute atomic E-state index is 13.1. The second-order valence-corrected chi connectivity index (χ2v) is 17.2. The molecule has 1 aliphatic heterocycles. The Morgan fingerprint density at radius 2 is 1.73 bits per heavy atom. The van der Waals surface area contributed by atoms with E-state index in [-0.39, 0.29) is 39.8 Å². The molecule has 0 aromatic carbocycles. The number of rotatable bonds is 9. The number of carbonyl (C=O) groups is 3. The molecule has 16 heteroatoms. The summed E-state index contributed by atoms with van der Waals surface area (Å²) in [7, 11) is -4.88. The van der Waals surface area contributed by atoms with Crippen molar-refractivity contribution in [3.63, 3.8) is 0 Å². The summed E-state index contributed by atoms with van der Waals surface area (Å²) in [6, 6.07) is 0. The maximum Gasteiger partial charge on any atom is 0.469 e. The molecule has 10 atom stereocenters. The van der Waals surface area contributed by atoms with Crippen molar-refractivity contribution in [1.29, 1.82) is 0 Å². The average molecular weight is 805 g/mol. The zero-order valence-electron chi connectivity index (χ0n) is 27.1. The second kappa shape index (κ2) is 13.7. The monoisotopic (exact) mass is 804 g/mol. The number of ketones is 1. The van der Waals surface area contributed by atoms with Crippen LogP contribution in [0.2, 0.25) is 0 Å². The Bertz CT molecular complexity index is 1610. The van der Waals surface area contributed by atoms with E-state index in [0.29, 0.717) is 35.9 Å². The molecule has 48 heavy (non-hydrogen) atoms. The first kappa shape index (κ1) is 35.9. The molecule has 0 spiro atoms. The predicted octanol–water partition coefficient (Wildman–Crippen LogP) is 3.75. The van der Waals surface area contributed by atoms with E-state index in [1.54, 1.807) is 22.6 Å². The molecule has 1 saturated heterocycles. The summed E-state index contributed by atoms with van der Waals surface area (Å²) in [6.45, 7) is 4.03. The maximum atomic E-state index is 13.1. The molecule has 6 rings (SSSR count). The molecule has 5 fully saturated rings. The van der Waals surface area contributed by atoms with Gasteiger partial charge in [0.05, 0.1) is 23.0 Å². The van der Waals surface area contributed by atoms with Crippen molar-refractivity contribution >= 4 is 48.1 Å². The van der Waals surface area contributed by atoms with Gasteiger partial charge >= 0.3 is 25.5 Å². The van der Waals surface area contributed by atoms with Gasteiger partial charge in [-0.2, -0.15) is 0 Å². The first-order valence-corrected chi connectivity index (χ1v) is 19.5. The molecule has 4 aliphatic carbocycles. The number of Topliss-reactive ketones (excluding diaryl/α,β-unsaturated/α-hetero) is 1. The number of H-pyrrole nitrogens is 1. The molecule has 2 heterocycles. The van der Waals surface area contributed by atoms with Crippen LogP contribution < -0.4 is 11.2 Å². The lowest BCUT2D eigenvalue weighted by Crippen LogP contribution is -2.54. The van der Waals surface area contributed by atoms with Crippen molar-refractivity contribution < 1.29 is 47.5 Å². The minimum Gasteiger partial charge on any atom is -0.462 e. The van der Waals surface area contributed by atoms with Gasteiger partial charge < -0.3 is 24.0 Å². The van der Waals surface area contributed by atoms with Crippen LogP contribution in [0.3, 0.4) is 0 Å². The van der Waals surface area contributed by atoms with Gasteiger partial charge in [-0.25, -0.2) is 9.36 Å². The van der Waals surface area contributed by atoms with Gasteiger partial charge in [-0.1, -0.05) is 13.8 Å². The Morgan fingerprint density at radius 3 is 2.46 bits per heavy atom.